The summed E-state index contributed by atoms with van der Waals surface area (Å²) in [5, 5.41) is 5.94. The third-order valence-electron chi connectivity index (χ3n) is 3.95. The molecule has 1 aromatic heterocycles. The van der Waals surface area contributed by atoms with Gasteiger partial charge < -0.3 is 15.4 Å². The van der Waals surface area contributed by atoms with Crippen LogP contribution in [0, 0.1) is 0 Å². The first-order chi connectivity index (χ1) is 9.95. The molecule has 3 rings (SSSR count). The molecule has 2 aliphatic heterocycles. The molecule has 4 nitrogen and oxygen atoms in total. The van der Waals surface area contributed by atoms with Crippen molar-refractivity contribution in [1.29, 1.82) is 0 Å². The molecule has 0 saturated carbocycles. The first-order valence-electron chi connectivity index (χ1n) is 7.21. The first kappa shape index (κ1) is 14.4. The number of alkyl halides is 3. The number of ether oxygens (including phenoxy) is 1. The molecule has 2 saturated heterocycles. The van der Waals surface area contributed by atoms with Crippen LogP contribution in [0.2, 0.25) is 0 Å². The van der Waals surface area contributed by atoms with E-state index in [4.69, 9.17) is 4.74 Å². The van der Waals surface area contributed by atoms with Crippen molar-refractivity contribution < 1.29 is 17.9 Å². The third kappa shape index (κ3) is 3.07. The number of halogens is 3. The molecule has 116 valence electrons. The second-order valence-corrected chi connectivity index (χ2v) is 5.51. The van der Waals surface area contributed by atoms with Crippen LogP contribution in [0.15, 0.2) is 12.1 Å². The van der Waals surface area contributed by atoms with E-state index in [-0.39, 0.29) is 29.9 Å². The highest BCUT2D eigenvalue weighted by Gasteiger charge is 2.41. The number of hydrogen-bond acceptors (Lipinski definition) is 4. The number of rotatable bonds is 4. The van der Waals surface area contributed by atoms with Crippen LogP contribution in [0.1, 0.15) is 31.7 Å². The predicted molar refractivity (Wildman–Crippen MR) is 73.3 cm³/mol. The SMILES string of the molecule is CCNc1cc(C(F)(F)F)cc(NC2CC3CCC2O3)n1. The van der Waals surface area contributed by atoms with Crippen LogP contribution in [-0.2, 0) is 10.9 Å². The molecule has 3 heterocycles. The summed E-state index contributed by atoms with van der Waals surface area (Å²) in [6, 6.07) is 2.15. The highest BCUT2D eigenvalue weighted by molar-refractivity contribution is 5.50. The lowest BCUT2D eigenvalue weighted by Crippen LogP contribution is -2.31. The van der Waals surface area contributed by atoms with Crippen molar-refractivity contribution in [3.63, 3.8) is 0 Å². The zero-order valence-corrected chi connectivity index (χ0v) is 11.7. The van der Waals surface area contributed by atoms with Gasteiger partial charge in [0.15, 0.2) is 0 Å². The van der Waals surface area contributed by atoms with Crippen molar-refractivity contribution >= 4 is 11.6 Å². The fourth-order valence-corrected chi connectivity index (χ4v) is 3.02. The summed E-state index contributed by atoms with van der Waals surface area (Å²) in [5.41, 5.74) is -0.694. The van der Waals surface area contributed by atoms with Gasteiger partial charge in [0.05, 0.1) is 23.8 Å². The highest BCUT2D eigenvalue weighted by Crippen LogP contribution is 2.37. The topological polar surface area (TPSA) is 46.2 Å². The Labute approximate surface area is 121 Å². The molecule has 0 aromatic carbocycles. The lowest BCUT2D eigenvalue weighted by Gasteiger charge is -2.21. The van der Waals surface area contributed by atoms with Gasteiger partial charge in [-0.15, -0.1) is 0 Å². The largest absolute Gasteiger partial charge is 0.416 e. The van der Waals surface area contributed by atoms with Crippen molar-refractivity contribution in [3.8, 4) is 0 Å². The van der Waals surface area contributed by atoms with Crippen molar-refractivity contribution in [2.24, 2.45) is 0 Å². The summed E-state index contributed by atoms with van der Waals surface area (Å²) in [6.45, 7) is 2.34. The van der Waals surface area contributed by atoms with Crippen molar-refractivity contribution in [1.82, 2.24) is 4.98 Å². The van der Waals surface area contributed by atoms with Crippen LogP contribution in [0.3, 0.4) is 0 Å². The molecule has 3 unspecified atom stereocenters. The molecule has 0 radical (unpaired) electrons. The Morgan fingerprint density at radius 1 is 1.29 bits per heavy atom. The smallest absolute Gasteiger partial charge is 0.373 e. The Bertz CT molecular complexity index is 521. The van der Waals surface area contributed by atoms with Crippen LogP contribution >= 0.6 is 0 Å². The van der Waals surface area contributed by atoms with E-state index in [2.05, 4.69) is 15.6 Å². The standard InChI is InChI=1S/C14H18F3N3O/c1-2-18-12-5-8(14(15,16)17)6-13(20-12)19-10-7-9-3-4-11(10)21-9/h5-6,9-11H,2-4,7H2,1H3,(H2,18,19,20). The lowest BCUT2D eigenvalue weighted by molar-refractivity contribution is -0.137. The maximum atomic E-state index is 12.9. The van der Waals surface area contributed by atoms with Crippen molar-refractivity contribution in [2.75, 3.05) is 17.2 Å². The quantitative estimate of drug-likeness (QED) is 0.896. The van der Waals surface area contributed by atoms with Gasteiger partial charge in [0.2, 0.25) is 0 Å². The van der Waals surface area contributed by atoms with Gasteiger partial charge in [0, 0.05) is 6.54 Å². The second-order valence-electron chi connectivity index (χ2n) is 5.51. The van der Waals surface area contributed by atoms with Gasteiger partial charge in [-0.3, -0.25) is 0 Å². The summed E-state index contributed by atoms with van der Waals surface area (Å²) < 4.78 is 44.5. The van der Waals surface area contributed by atoms with Crippen LogP contribution in [-0.4, -0.2) is 29.8 Å². The highest BCUT2D eigenvalue weighted by atomic mass is 19.4. The van der Waals surface area contributed by atoms with Crippen LogP contribution < -0.4 is 10.6 Å². The number of anilines is 2. The van der Waals surface area contributed by atoms with Crippen LogP contribution in [0.4, 0.5) is 24.8 Å². The van der Waals surface area contributed by atoms with E-state index in [9.17, 15) is 13.2 Å². The molecule has 7 heteroatoms. The Balaban J connectivity index is 1.81. The van der Waals surface area contributed by atoms with E-state index in [0.29, 0.717) is 6.54 Å². The summed E-state index contributed by atoms with van der Waals surface area (Å²) in [7, 11) is 0. The molecular weight excluding hydrogens is 283 g/mol. The van der Waals surface area contributed by atoms with Gasteiger partial charge in [-0.05, 0) is 38.3 Å². The van der Waals surface area contributed by atoms with E-state index in [0.717, 1.165) is 31.4 Å². The fraction of sp³-hybridized carbons (Fsp3) is 0.643. The lowest BCUT2D eigenvalue weighted by atomic mass is 9.95. The number of aromatic nitrogens is 1. The van der Waals surface area contributed by atoms with Crippen LogP contribution in [0.5, 0.6) is 0 Å². The number of hydrogen-bond donors (Lipinski definition) is 2. The van der Waals surface area contributed by atoms with E-state index in [1.54, 1.807) is 0 Å². The van der Waals surface area contributed by atoms with E-state index in [1.807, 2.05) is 6.92 Å². The zero-order chi connectivity index (χ0) is 15.0. The molecule has 2 aliphatic rings. The van der Waals surface area contributed by atoms with Crippen molar-refractivity contribution in [2.45, 2.75) is 50.6 Å². The molecular formula is C14H18F3N3O. The van der Waals surface area contributed by atoms with Crippen LogP contribution in [0.25, 0.3) is 0 Å². The minimum atomic E-state index is -4.38. The molecule has 0 spiro atoms. The molecule has 2 N–H and O–H groups in total. The monoisotopic (exact) mass is 301 g/mol. The molecule has 1 aromatic rings. The number of nitrogens with one attached hydrogen (secondary N) is 2. The minimum absolute atomic E-state index is 0.0502. The van der Waals surface area contributed by atoms with Gasteiger partial charge in [-0.2, -0.15) is 13.2 Å². The van der Waals surface area contributed by atoms with E-state index in [1.165, 1.54) is 0 Å². The predicted octanol–water partition coefficient (Wildman–Crippen LogP) is 3.26. The Hall–Kier alpha value is -1.50. The molecule has 2 bridgehead atoms. The first-order valence-corrected chi connectivity index (χ1v) is 7.21. The Morgan fingerprint density at radius 2 is 2.05 bits per heavy atom. The van der Waals surface area contributed by atoms with Gasteiger partial charge in [-0.25, -0.2) is 4.98 Å². The van der Waals surface area contributed by atoms with Gasteiger partial charge in [0.25, 0.3) is 0 Å². The molecule has 0 amide bonds. The minimum Gasteiger partial charge on any atom is -0.373 e. The Morgan fingerprint density at radius 3 is 2.62 bits per heavy atom. The third-order valence-corrected chi connectivity index (χ3v) is 3.95. The summed E-state index contributed by atoms with van der Waals surface area (Å²) >= 11 is 0. The summed E-state index contributed by atoms with van der Waals surface area (Å²) in [6.07, 6.45) is -1.21. The summed E-state index contributed by atoms with van der Waals surface area (Å²) in [4.78, 5) is 4.21. The number of fused-ring (bicyclic) bond motifs is 2. The normalized spacial score (nSPS) is 27.9. The van der Waals surface area contributed by atoms with Crippen molar-refractivity contribution in [3.05, 3.63) is 17.7 Å². The van der Waals surface area contributed by atoms with Gasteiger partial charge in [-0.1, -0.05) is 0 Å². The average Bonchev–Trinajstić information content (AvgIpc) is 3.00. The number of pyridine rings is 1. The van der Waals surface area contributed by atoms with Gasteiger partial charge in [0.1, 0.15) is 11.6 Å². The van der Waals surface area contributed by atoms with Gasteiger partial charge >= 0.3 is 6.18 Å². The fourth-order valence-electron chi connectivity index (χ4n) is 3.02. The maximum absolute atomic E-state index is 12.9. The summed E-state index contributed by atoms with van der Waals surface area (Å²) in [5.74, 6) is 0.487. The zero-order valence-electron chi connectivity index (χ0n) is 11.7. The molecule has 0 aliphatic carbocycles. The molecule has 2 fully saturated rings. The molecule has 3 atom stereocenters. The maximum Gasteiger partial charge on any atom is 0.416 e. The Kier molecular flexibility index (Phi) is 3.69. The van der Waals surface area contributed by atoms with E-state index < -0.39 is 11.7 Å². The molecule has 21 heavy (non-hydrogen) atoms. The average molecular weight is 301 g/mol. The number of nitrogens with zero attached hydrogens (tertiary/aromatic N) is 1. The van der Waals surface area contributed by atoms with E-state index >= 15 is 0 Å². The second kappa shape index (κ2) is 5.36.